The first-order chi connectivity index (χ1) is 12.4. The van der Waals surface area contributed by atoms with E-state index >= 15 is 0 Å². The van der Waals surface area contributed by atoms with Crippen LogP contribution in [0.5, 0.6) is 0 Å². The highest BCUT2D eigenvalue weighted by atomic mass is 16.4. The standard InChI is InChI=1S/C20H29N3O3/c1-3-23(13-18(24)25)17-9-15(10-17)21-19(26)22-16-11-20(2,12-16)14-7-5-4-6-8-14/h4-8,15-17H,3,9-13H2,1-2H3,(H,24,25)(H2,21,22,26). The van der Waals surface area contributed by atoms with Crippen LogP contribution < -0.4 is 10.6 Å². The van der Waals surface area contributed by atoms with E-state index in [9.17, 15) is 9.59 Å². The Morgan fingerprint density at radius 1 is 1.15 bits per heavy atom. The number of carboxylic acids is 1. The number of carboxylic acid groups (broad SMARTS) is 1. The zero-order valence-electron chi connectivity index (χ0n) is 15.6. The molecular formula is C20H29N3O3. The first kappa shape index (κ1) is 18.7. The highest BCUT2D eigenvalue weighted by Gasteiger charge is 2.42. The first-order valence-electron chi connectivity index (χ1n) is 9.48. The van der Waals surface area contributed by atoms with E-state index in [2.05, 4.69) is 41.8 Å². The second kappa shape index (κ2) is 7.66. The summed E-state index contributed by atoms with van der Waals surface area (Å²) in [4.78, 5) is 25.0. The number of amides is 2. The second-order valence-corrected chi connectivity index (χ2v) is 7.93. The van der Waals surface area contributed by atoms with Crippen LogP contribution in [0.3, 0.4) is 0 Å². The molecular weight excluding hydrogens is 330 g/mol. The maximum absolute atomic E-state index is 12.2. The van der Waals surface area contributed by atoms with E-state index in [1.807, 2.05) is 17.9 Å². The van der Waals surface area contributed by atoms with Crippen molar-refractivity contribution in [1.82, 2.24) is 15.5 Å². The molecule has 1 aromatic carbocycles. The molecule has 0 saturated heterocycles. The van der Waals surface area contributed by atoms with Gasteiger partial charge in [-0.3, -0.25) is 9.69 Å². The normalized spacial score (nSPS) is 30.2. The van der Waals surface area contributed by atoms with Crippen LogP contribution in [0.2, 0.25) is 0 Å². The van der Waals surface area contributed by atoms with Gasteiger partial charge in [-0.15, -0.1) is 0 Å². The summed E-state index contributed by atoms with van der Waals surface area (Å²) >= 11 is 0. The van der Waals surface area contributed by atoms with Gasteiger partial charge >= 0.3 is 12.0 Å². The Hall–Kier alpha value is -2.08. The largest absolute Gasteiger partial charge is 0.480 e. The smallest absolute Gasteiger partial charge is 0.317 e. The van der Waals surface area contributed by atoms with Crippen LogP contribution in [0, 0.1) is 0 Å². The van der Waals surface area contributed by atoms with Gasteiger partial charge in [-0.2, -0.15) is 0 Å². The molecule has 2 amide bonds. The summed E-state index contributed by atoms with van der Waals surface area (Å²) in [6, 6.07) is 11.0. The molecule has 2 saturated carbocycles. The van der Waals surface area contributed by atoms with E-state index in [0.717, 1.165) is 32.2 Å². The Morgan fingerprint density at radius 3 is 2.35 bits per heavy atom. The van der Waals surface area contributed by atoms with Crippen LogP contribution in [0.1, 0.15) is 45.1 Å². The molecule has 0 aromatic heterocycles. The topological polar surface area (TPSA) is 81.7 Å². The van der Waals surface area contributed by atoms with Crippen LogP contribution in [0.25, 0.3) is 0 Å². The Balaban J connectivity index is 1.37. The van der Waals surface area contributed by atoms with E-state index in [1.54, 1.807) is 0 Å². The molecule has 2 aliphatic rings. The third-order valence-corrected chi connectivity index (χ3v) is 5.91. The van der Waals surface area contributed by atoms with Crippen molar-refractivity contribution in [2.75, 3.05) is 13.1 Å². The Bertz CT molecular complexity index is 637. The number of urea groups is 1. The molecule has 3 N–H and O–H groups in total. The van der Waals surface area contributed by atoms with Gasteiger partial charge in [0.15, 0.2) is 0 Å². The average molecular weight is 359 g/mol. The third kappa shape index (κ3) is 4.18. The van der Waals surface area contributed by atoms with Crippen molar-refractivity contribution in [3.05, 3.63) is 35.9 Å². The average Bonchev–Trinajstić information content (AvgIpc) is 2.55. The lowest BCUT2D eigenvalue weighted by Gasteiger charge is -2.46. The number of nitrogens with one attached hydrogen (secondary N) is 2. The lowest BCUT2D eigenvalue weighted by Crippen LogP contribution is -2.59. The van der Waals surface area contributed by atoms with Crippen LogP contribution in [-0.2, 0) is 10.2 Å². The zero-order valence-corrected chi connectivity index (χ0v) is 15.6. The predicted molar refractivity (Wildman–Crippen MR) is 100 cm³/mol. The van der Waals surface area contributed by atoms with Crippen molar-refractivity contribution in [2.24, 2.45) is 0 Å². The number of likely N-dealkylation sites (N-methyl/N-ethyl adjacent to an activating group) is 1. The SMILES string of the molecule is CCN(CC(=O)O)C1CC(NC(=O)NC2CC(C)(c3ccccc3)C2)C1. The molecule has 0 spiro atoms. The summed E-state index contributed by atoms with van der Waals surface area (Å²) in [5.74, 6) is -0.799. The van der Waals surface area contributed by atoms with Gasteiger partial charge in [-0.1, -0.05) is 44.2 Å². The molecule has 3 rings (SSSR count). The molecule has 2 fully saturated rings. The van der Waals surface area contributed by atoms with Gasteiger partial charge < -0.3 is 15.7 Å². The molecule has 6 nitrogen and oxygen atoms in total. The molecule has 0 aliphatic heterocycles. The molecule has 26 heavy (non-hydrogen) atoms. The highest BCUT2D eigenvalue weighted by molar-refractivity contribution is 5.75. The predicted octanol–water partition coefficient (Wildman–Crippen LogP) is 2.34. The second-order valence-electron chi connectivity index (χ2n) is 7.93. The van der Waals surface area contributed by atoms with Crippen LogP contribution in [-0.4, -0.2) is 53.2 Å². The lowest BCUT2D eigenvalue weighted by molar-refractivity contribution is -0.139. The number of hydrogen-bond donors (Lipinski definition) is 3. The van der Waals surface area contributed by atoms with Crippen molar-refractivity contribution in [3.8, 4) is 0 Å². The lowest BCUT2D eigenvalue weighted by atomic mass is 9.63. The van der Waals surface area contributed by atoms with E-state index in [1.165, 1.54) is 5.56 Å². The minimum Gasteiger partial charge on any atom is -0.480 e. The molecule has 1 aromatic rings. The summed E-state index contributed by atoms with van der Waals surface area (Å²) in [6.45, 7) is 5.00. The Kier molecular flexibility index (Phi) is 5.51. The Morgan fingerprint density at radius 2 is 1.77 bits per heavy atom. The van der Waals surface area contributed by atoms with Crippen molar-refractivity contribution in [1.29, 1.82) is 0 Å². The number of rotatable bonds is 7. The van der Waals surface area contributed by atoms with Gasteiger partial charge in [0.2, 0.25) is 0 Å². The number of carbonyl (C=O) groups excluding carboxylic acids is 1. The summed E-state index contributed by atoms with van der Waals surface area (Å²) in [5, 5.41) is 15.0. The summed E-state index contributed by atoms with van der Waals surface area (Å²) in [5.41, 5.74) is 1.48. The monoisotopic (exact) mass is 359 g/mol. The number of aliphatic carboxylic acids is 1. The number of hydrogen-bond acceptors (Lipinski definition) is 3. The fourth-order valence-corrected chi connectivity index (χ4v) is 4.30. The van der Waals surface area contributed by atoms with Gasteiger partial charge in [-0.25, -0.2) is 4.79 Å². The molecule has 0 unspecified atom stereocenters. The maximum atomic E-state index is 12.2. The minimum absolute atomic E-state index is 0.0697. The van der Waals surface area contributed by atoms with Crippen molar-refractivity contribution < 1.29 is 14.7 Å². The van der Waals surface area contributed by atoms with Crippen molar-refractivity contribution in [3.63, 3.8) is 0 Å². The number of carbonyl (C=O) groups is 2. The van der Waals surface area contributed by atoms with Gasteiger partial charge in [-0.05, 0) is 43.2 Å². The molecule has 0 atom stereocenters. The number of benzene rings is 1. The summed E-state index contributed by atoms with van der Waals surface area (Å²) in [6.07, 6.45) is 3.56. The van der Waals surface area contributed by atoms with E-state index in [0.29, 0.717) is 0 Å². The van der Waals surface area contributed by atoms with Crippen LogP contribution >= 0.6 is 0 Å². The van der Waals surface area contributed by atoms with Gasteiger partial charge in [0.05, 0.1) is 6.54 Å². The van der Waals surface area contributed by atoms with Crippen LogP contribution in [0.15, 0.2) is 30.3 Å². The molecule has 142 valence electrons. The molecule has 0 bridgehead atoms. The summed E-state index contributed by atoms with van der Waals surface area (Å²) in [7, 11) is 0. The van der Waals surface area contributed by atoms with Gasteiger partial charge in [0, 0.05) is 18.1 Å². The molecule has 6 heteroatoms. The fourth-order valence-electron chi connectivity index (χ4n) is 4.30. The quantitative estimate of drug-likeness (QED) is 0.698. The fraction of sp³-hybridized carbons (Fsp3) is 0.600. The Labute approximate surface area is 155 Å². The van der Waals surface area contributed by atoms with Crippen molar-refractivity contribution in [2.45, 2.75) is 63.1 Å². The summed E-state index contributed by atoms with van der Waals surface area (Å²) < 4.78 is 0. The zero-order chi connectivity index (χ0) is 18.7. The maximum Gasteiger partial charge on any atom is 0.317 e. The van der Waals surface area contributed by atoms with E-state index in [4.69, 9.17) is 5.11 Å². The number of nitrogens with zero attached hydrogens (tertiary/aromatic N) is 1. The van der Waals surface area contributed by atoms with Crippen molar-refractivity contribution >= 4 is 12.0 Å². The minimum atomic E-state index is -0.799. The highest BCUT2D eigenvalue weighted by Crippen LogP contribution is 2.43. The van der Waals surface area contributed by atoms with Crippen LogP contribution in [0.4, 0.5) is 4.79 Å². The third-order valence-electron chi connectivity index (χ3n) is 5.91. The van der Waals surface area contributed by atoms with E-state index < -0.39 is 5.97 Å². The molecule has 2 aliphatic carbocycles. The molecule has 0 heterocycles. The molecule has 0 radical (unpaired) electrons. The first-order valence-corrected chi connectivity index (χ1v) is 9.48. The van der Waals surface area contributed by atoms with E-state index in [-0.39, 0.29) is 36.1 Å². The van der Waals surface area contributed by atoms with Gasteiger partial charge in [0.25, 0.3) is 0 Å². The van der Waals surface area contributed by atoms with Gasteiger partial charge in [0.1, 0.15) is 0 Å².